The second-order valence-corrected chi connectivity index (χ2v) is 6.76. The van der Waals surface area contributed by atoms with Crippen molar-refractivity contribution in [3.8, 4) is 0 Å². The molecule has 2 aromatic carbocycles. The number of amides is 1. The van der Waals surface area contributed by atoms with Gasteiger partial charge in [0.2, 0.25) is 0 Å². The number of rotatable bonds is 9. The molecular weight excluding hydrogens is 374 g/mol. The van der Waals surface area contributed by atoms with E-state index in [2.05, 4.69) is 5.32 Å². The molecule has 1 atom stereocenters. The van der Waals surface area contributed by atoms with Gasteiger partial charge in [-0.15, -0.1) is 0 Å². The maximum absolute atomic E-state index is 12.6. The number of hydrogen-bond donors (Lipinski definition) is 1. The number of nitro benzene ring substituents is 1. The smallest absolute Gasteiger partial charge is 0.338 e. The summed E-state index contributed by atoms with van der Waals surface area (Å²) >= 11 is 0. The molecule has 0 heterocycles. The van der Waals surface area contributed by atoms with Crippen molar-refractivity contribution in [3.63, 3.8) is 0 Å². The van der Waals surface area contributed by atoms with Crippen LogP contribution in [0.2, 0.25) is 0 Å². The maximum Gasteiger partial charge on any atom is 0.338 e. The van der Waals surface area contributed by atoms with Gasteiger partial charge in [0.25, 0.3) is 11.6 Å². The van der Waals surface area contributed by atoms with Gasteiger partial charge in [0.15, 0.2) is 0 Å². The van der Waals surface area contributed by atoms with Crippen LogP contribution in [-0.2, 0) is 11.2 Å². The Balaban J connectivity index is 2.15. The number of nitrogens with zero attached hydrogens (tertiary/aromatic N) is 2. The third kappa shape index (κ3) is 6.39. The van der Waals surface area contributed by atoms with Gasteiger partial charge in [0.05, 0.1) is 17.1 Å². The van der Waals surface area contributed by atoms with Crippen LogP contribution in [0.1, 0.15) is 33.2 Å². The molecule has 29 heavy (non-hydrogen) atoms. The maximum atomic E-state index is 12.6. The third-order valence-electron chi connectivity index (χ3n) is 4.44. The van der Waals surface area contributed by atoms with Crippen LogP contribution >= 0.6 is 0 Å². The van der Waals surface area contributed by atoms with Gasteiger partial charge in [-0.2, -0.15) is 0 Å². The van der Waals surface area contributed by atoms with Gasteiger partial charge in [0, 0.05) is 30.3 Å². The summed E-state index contributed by atoms with van der Waals surface area (Å²) in [4.78, 5) is 37.1. The number of carbonyl (C=O) groups is 2. The first-order chi connectivity index (χ1) is 13.8. The predicted octanol–water partition coefficient (Wildman–Crippen LogP) is 2.67. The summed E-state index contributed by atoms with van der Waals surface area (Å²) in [5.74, 6) is -1.19. The largest absolute Gasteiger partial charge is 0.462 e. The number of nitro groups is 1. The van der Waals surface area contributed by atoms with Crippen LogP contribution in [0, 0.1) is 10.1 Å². The lowest BCUT2D eigenvalue weighted by Crippen LogP contribution is -2.41. The van der Waals surface area contributed by atoms with Crippen molar-refractivity contribution in [2.45, 2.75) is 19.4 Å². The number of esters is 1. The summed E-state index contributed by atoms with van der Waals surface area (Å²) in [6.45, 7) is 2.11. The number of benzene rings is 2. The minimum atomic E-state index is -0.708. The van der Waals surface area contributed by atoms with Gasteiger partial charge in [-0.3, -0.25) is 14.9 Å². The fourth-order valence-electron chi connectivity index (χ4n) is 2.82. The minimum absolute atomic E-state index is 0.0281. The number of non-ortho nitro benzene ring substituents is 1. The highest BCUT2D eigenvalue weighted by molar-refractivity contribution is 5.99. The Morgan fingerprint density at radius 3 is 2.38 bits per heavy atom. The van der Waals surface area contributed by atoms with Crippen LogP contribution in [0.4, 0.5) is 5.69 Å². The van der Waals surface area contributed by atoms with Gasteiger partial charge < -0.3 is 15.0 Å². The van der Waals surface area contributed by atoms with Crippen LogP contribution in [0.5, 0.6) is 0 Å². The van der Waals surface area contributed by atoms with E-state index >= 15 is 0 Å². The zero-order chi connectivity index (χ0) is 21.4. The average Bonchev–Trinajstić information content (AvgIpc) is 2.71. The van der Waals surface area contributed by atoms with Crippen molar-refractivity contribution in [1.29, 1.82) is 0 Å². The van der Waals surface area contributed by atoms with Gasteiger partial charge in [-0.25, -0.2) is 4.79 Å². The summed E-state index contributed by atoms with van der Waals surface area (Å²) in [6.07, 6.45) is 0.733. The zero-order valence-electron chi connectivity index (χ0n) is 16.8. The van der Waals surface area contributed by atoms with Crippen molar-refractivity contribution in [3.05, 3.63) is 75.3 Å². The second kappa shape index (κ2) is 10.3. The van der Waals surface area contributed by atoms with Crippen LogP contribution in [0.15, 0.2) is 48.5 Å². The monoisotopic (exact) mass is 399 g/mol. The van der Waals surface area contributed by atoms with E-state index in [0.29, 0.717) is 6.54 Å². The molecule has 0 bridgehead atoms. The topological polar surface area (TPSA) is 102 Å². The molecule has 0 aliphatic rings. The van der Waals surface area contributed by atoms with Crippen molar-refractivity contribution < 1.29 is 19.2 Å². The Bertz CT molecular complexity index is 868. The van der Waals surface area contributed by atoms with Crippen molar-refractivity contribution in [2.24, 2.45) is 0 Å². The van der Waals surface area contributed by atoms with E-state index in [-0.39, 0.29) is 29.5 Å². The molecule has 0 aliphatic heterocycles. The van der Waals surface area contributed by atoms with Gasteiger partial charge >= 0.3 is 5.97 Å². The first kappa shape index (κ1) is 22.0. The highest BCUT2D eigenvalue weighted by atomic mass is 16.6. The summed E-state index contributed by atoms with van der Waals surface area (Å²) in [5.41, 5.74) is 0.814. The van der Waals surface area contributed by atoms with Crippen LogP contribution < -0.4 is 5.32 Å². The van der Waals surface area contributed by atoms with Crippen molar-refractivity contribution >= 4 is 17.6 Å². The van der Waals surface area contributed by atoms with E-state index in [0.717, 1.165) is 24.1 Å². The highest BCUT2D eigenvalue weighted by Crippen LogP contribution is 2.18. The number of ether oxygens (including phenoxy) is 1. The quantitative estimate of drug-likeness (QED) is 0.395. The Morgan fingerprint density at radius 2 is 1.79 bits per heavy atom. The Labute approximate surface area is 169 Å². The molecule has 0 saturated heterocycles. The van der Waals surface area contributed by atoms with Crippen LogP contribution in [0.3, 0.4) is 0 Å². The van der Waals surface area contributed by atoms with E-state index in [9.17, 15) is 19.7 Å². The van der Waals surface area contributed by atoms with E-state index in [1.165, 1.54) is 6.07 Å². The number of likely N-dealkylation sites (N-methyl/N-ethyl adjacent to an activating group) is 1. The molecule has 2 rings (SSSR count). The lowest BCUT2D eigenvalue weighted by atomic mass is 10.0. The number of carbonyl (C=O) groups excluding carboxylic acids is 2. The molecule has 2 aromatic rings. The standard InChI is InChI=1S/C21H25N3O5/c1-4-29-21(26)17-11-16(12-18(13-17)24(27)28)20(25)22-14-19(23(2)3)10-15-8-6-5-7-9-15/h5-9,11-13,19H,4,10,14H2,1-3H3,(H,22,25). The van der Waals surface area contributed by atoms with Crippen LogP contribution in [0.25, 0.3) is 0 Å². The molecule has 0 fully saturated rings. The van der Waals surface area contributed by atoms with Gasteiger partial charge in [-0.1, -0.05) is 30.3 Å². The van der Waals surface area contributed by atoms with Gasteiger partial charge in [-0.05, 0) is 39.1 Å². The Kier molecular flexibility index (Phi) is 7.85. The zero-order valence-corrected chi connectivity index (χ0v) is 16.8. The SMILES string of the molecule is CCOC(=O)c1cc(C(=O)NCC(Cc2ccccc2)N(C)C)cc([N+](=O)[O-])c1. The van der Waals surface area contributed by atoms with Crippen LogP contribution in [-0.4, -0.2) is 55.0 Å². The highest BCUT2D eigenvalue weighted by Gasteiger charge is 2.20. The minimum Gasteiger partial charge on any atom is -0.462 e. The summed E-state index contributed by atoms with van der Waals surface area (Å²) in [6, 6.07) is 13.5. The molecule has 0 saturated carbocycles. The lowest BCUT2D eigenvalue weighted by molar-refractivity contribution is -0.384. The normalized spacial score (nSPS) is 11.7. The van der Waals surface area contributed by atoms with Gasteiger partial charge in [0.1, 0.15) is 0 Å². The van der Waals surface area contributed by atoms with Crippen molar-refractivity contribution in [1.82, 2.24) is 10.2 Å². The molecule has 1 unspecified atom stereocenters. The molecule has 0 aromatic heterocycles. The lowest BCUT2D eigenvalue weighted by Gasteiger charge is -2.24. The van der Waals surface area contributed by atoms with Crippen molar-refractivity contribution in [2.75, 3.05) is 27.2 Å². The molecule has 0 radical (unpaired) electrons. The molecule has 154 valence electrons. The Morgan fingerprint density at radius 1 is 1.14 bits per heavy atom. The number of nitrogens with one attached hydrogen (secondary N) is 1. The molecule has 8 nitrogen and oxygen atoms in total. The number of hydrogen-bond acceptors (Lipinski definition) is 6. The fourth-order valence-corrected chi connectivity index (χ4v) is 2.82. The Hall–Kier alpha value is -3.26. The molecular formula is C21H25N3O5. The summed E-state index contributed by atoms with van der Waals surface area (Å²) in [5, 5.41) is 14.0. The first-order valence-corrected chi connectivity index (χ1v) is 9.27. The molecule has 1 N–H and O–H groups in total. The fraction of sp³-hybridized carbons (Fsp3) is 0.333. The molecule has 8 heteroatoms. The predicted molar refractivity (Wildman–Crippen MR) is 109 cm³/mol. The van der Waals surface area contributed by atoms with E-state index in [4.69, 9.17) is 4.74 Å². The van der Waals surface area contributed by atoms with E-state index in [1.54, 1.807) is 6.92 Å². The average molecular weight is 399 g/mol. The molecule has 0 aliphatic carbocycles. The third-order valence-corrected chi connectivity index (χ3v) is 4.44. The van der Waals surface area contributed by atoms with E-state index < -0.39 is 16.8 Å². The second-order valence-electron chi connectivity index (χ2n) is 6.76. The molecule has 1 amide bonds. The first-order valence-electron chi connectivity index (χ1n) is 9.27. The van der Waals surface area contributed by atoms with E-state index in [1.807, 2.05) is 49.3 Å². The summed E-state index contributed by atoms with van der Waals surface area (Å²) < 4.78 is 4.89. The summed E-state index contributed by atoms with van der Waals surface area (Å²) in [7, 11) is 3.85. The molecule has 0 spiro atoms.